The van der Waals surface area contributed by atoms with Gasteiger partial charge in [0.05, 0.1) is 15.3 Å². The molecular weight excluding hydrogens is 356 g/mol. The van der Waals surface area contributed by atoms with Crippen LogP contribution in [0.4, 0.5) is 0 Å². The molecule has 2 aliphatic rings. The molecule has 25 heavy (non-hydrogen) atoms. The molecule has 134 valence electrons. The van der Waals surface area contributed by atoms with Gasteiger partial charge in [0.2, 0.25) is 0 Å². The smallest absolute Gasteiger partial charge is 0.260 e. The molecule has 1 saturated heterocycles. The van der Waals surface area contributed by atoms with Gasteiger partial charge in [0.25, 0.3) is 5.91 Å². The zero-order chi connectivity index (χ0) is 18.4. The van der Waals surface area contributed by atoms with Crippen molar-refractivity contribution in [2.45, 2.75) is 48.8 Å². The minimum atomic E-state index is -0.554. The molecule has 2 aliphatic heterocycles. The number of carbonyl (C=O) groups excluding carboxylic acids is 2. The number of hydrogen-bond acceptors (Lipinski definition) is 6. The van der Waals surface area contributed by atoms with E-state index in [0.29, 0.717) is 5.70 Å². The van der Waals surface area contributed by atoms with Gasteiger partial charge < -0.3 is 4.74 Å². The SMILES string of the molecule is CO[C@H]1C(=O)N2C(C(=O)C(C)(C)C)=C(C)C(Sc3ccccn3)S[C@@H]12. The number of Topliss-reactive ketones (excluding diaryl/α,β-unsaturated/α-hetero) is 1. The summed E-state index contributed by atoms with van der Waals surface area (Å²) < 4.78 is 5.36. The summed E-state index contributed by atoms with van der Waals surface area (Å²) in [5, 5.41) is 0.735. The second-order valence-corrected chi connectivity index (χ2v) is 9.77. The van der Waals surface area contributed by atoms with Gasteiger partial charge in [-0.05, 0) is 24.6 Å². The predicted octanol–water partition coefficient (Wildman–Crippen LogP) is 3.32. The molecule has 0 saturated carbocycles. The van der Waals surface area contributed by atoms with Gasteiger partial charge in [0.15, 0.2) is 11.9 Å². The number of methoxy groups -OCH3 is 1. The lowest BCUT2D eigenvalue weighted by atomic mass is 9.86. The third-order valence-corrected chi connectivity index (χ3v) is 7.25. The van der Waals surface area contributed by atoms with Crippen molar-refractivity contribution in [3.63, 3.8) is 0 Å². The molecule has 3 rings (SSSR count). The van der Waals surface area contributed by atoms with Gasteiger partial charge in [-0.15, -0.1) is 11.8 Å². The summed E-state index contributed by atoms with van der Waals surface area (Å²) in [7, 11) is 1.54. The Balaban J connectivity index is 1.99. The number of rotatable bonds is 4. The summed E-state index contributed by atoms with van der Waals surface area (Å²) >= 11 is 3.25. The van der Waals surface area contributed by atoms with Crippen molar-refractivity contribution in [1.29, 1.82) is 0 Å². The highest BCUT2D eigenvalue weighted by atomic mass is 32.2. The number of fused-ring (bicyclic) bond motifs is 1. The fourth-order valence-corrected chi connectivity index (χ4v) is 5.76. The van der Waals surface area contributed by atoms with Crippen LogP contribution < -0.4 is 0 Å². The minimum absolute atomic E-state index is 0.00942. The maximum Gasteiger partial charge on any atom is 0.260 e. The molecule has 7 heteroatoms. The fraction of sp³-hybridized carbons (Fsp3) is 0.500. The zero-order valence-electron chi connectivity index (χ0n) is 15.0. The Hall–Kier alpha value is -1.31. The lowest BCUT2D eigenvalue weighted by Crippen LogP contribution is -2.66. The number of aromatic nitrogens is 1. The van der Waals surface area contributed by atoms with Crippen LogP contribution in [0.15, 0.2) is 40.7 Å². The average molecular weight is 379 g/mol. The van der Waals surface area contributed by atoms with Crippen LogP contribution in [0.5, 0.6) is 0 Å². The van der Waals surface area contributed by atoms with Gasteiger partial charge in [0, 0.05) is 18.7 Å². The molecule has 0 bridgehead atoms. The van der Waals surface area contributed by atoms with Crippen LogP contribution in [-0.2, 0) is 14.3 Å². The van der Waals surface area contributed by atoms with Gasteiger partial charge >= 0.3 is 0 Å². The average Bonchev–Trinajstić information content (AvgIpc) is 2.56. The van der Waals surface area contributed by atoms with Crippen LogP contribution in [0.25, 0.3) is 0 Å². The topological polar surface area (TPSA) is 59.5 Å². The highest BCUT2D eigenvalue weighted by Gasteiger charge is 2.56. The van der Waals surface area contributed by atoms with E-state index in [1.54, 1.807) is 34.6 Å². The monoisotopic (exact) mass is 378 g/mol. The Morgan fingerprint density at radius 2 is 2.08 bits per heavy atom. The maximum atomic E-state index is 13.0. The van der Waals surface area contributed by atoms with E-state index in [1.165, 1.54) is 7.11 Å². The van der Waals surface area contributed by atoms with Crippen LogP contribution >= 0.6 is 23.5 Å². The van der Waals surface area contributed by atoms with Crippen LogP contribution in [0.2, 0.25) is 0 Å². The van der Waals surface area contributed by atoms with E-state index >= 15 is 0 Å². The van der Waals surface area contributed by atoms with Crippen LogP contribution in [0.1, 0.15) is 27.7 Å². The van der Waals surface area contributed by atoms with Crippen LogP contribution in [0.3, 0.4) is 0 Å². The first kappa shape index (κ1) is 18.5. The summed E-state index contributed by atoms with van der Waals surface area (Å²) in [5.74, 6) is -0.141. The number of ketones is 1. The molecule has 1 aromatic heterocycles. The molecule has 1 aromatic rings. The number of allylic oxidation sites excluding steroid dienone is 1. The van der Waals surface area contributed by atoms with Gasteiger partial charge in [-0.25, -0.2) is 4.98 Å². The van der Waals surface area contributed by atoms with Gasteiger partial charge in [-0.2, -0.15) is 0 Å². The number of carbonyl (C=O) groups is 2. The normalized spacial score (nSPS) is 26.4. The molecule has 3 heterocycles. The molecule has 0 spiro atoms. The summed E-state index contributed by atoms with van der Waals surface area (Å²) in [6, 6.07) is 5.78. The van der Waals surface area contributed by atoms with Crippen molar-refractivity contribution < 1.29 is 14.3 Å². The van der Waals surface area contributed by atoms with E-state index < -0.39 is 11.5 Å². The van der Waals surface area contributed by atoms with E-state index in [4.69, 9.17) is 4.74 Å². The Kier molecular flexibility index (Phi) is 5.01. The number of ether oxygens (including phenoxy) is 1. The standard InChI is InChI=1S/C18H22N2O3S2/c1-10-12(14(21)18(2,3)4)20-15(22)13(23-5)16(20)25-17(10)24-11-8-6-7-9-19-11/h6-9,13,16-17H,1-5H3/t13-,16-,17?/m0/s1. The van der Waals surface area contributed by atoms with E-state index in [1.807, 2.05) is 45.9 Å². The molecule has 1 fully saturated rings. The molecule has 0 aliphatic carbocycles. The third-order valence-electron chi connectivity index (χ3n) is 4.24. The van der Waals surface area contributed by atoms with E-state index in [-0.39, 0.29) is 21.6 Å². The molecular formula is C18H22N2O3S2. The maximum absolute atomic E-state index is 13.0. The highest BCUT2D eigenvalue weighted by molar-refractivity contribution is 8.17. The molecule has 5 nitrogen and oxygen atoms in total. The van der Waals surface area contributed by atoms with E-state index in [2.05, 4.69) is 4.98 Å². The predicted molar refractivity (Wildman–Crippen MR) is 100 cm³/mol. The number of thioether (sulfide) groups is 2. The number of β-lactam (4-membered cyclic amide) rings is 1. The van der Waals surface area contributed by atoms with E-state index in [9.17, 15) is 9.59 Å². The summed E-state index contributed by atoms with van der Waals surface area (Å²) in [4.78, 5) is 31.5. The van der Waals surface area contributed by atoms with Crippen molar-refractivity contribution in [3.8, 4) is 0 Å². The van der Waals surface area contributed by atoms with E-state index in [0.717, 1.165) is 10.6 Å². The Morgan fingerprint density at radius 1 is 1.36 bits per heavy atom. The first-order valence-corrected chi connectivity index (χ1v) is 9.92. The molecule has 0 radical (unpaired) electrons. The Labute approximate surface area is 156 Å². The quantitative estimate of drug-likeness (QED) is 0.749. The Bertz CT molecular complexity index is 728. The number of hydrogen-bond donors (Lipinski definition) is 0. The van der Waals surface area contributed by atoms with Crippen molar-refractivity contribution in [2.75, 3.05) is 7.11 Å². The minimum Gasteiger partial charge on any atom is -0.368 e. The first-order chi connectivity index (χ1) is 11.8. The van der Waals surface area contributed by atoms with Crippen molar-refractivity contribution in [1.82, 2.24) is 9.88 Å². The first-order valence-electron chi connectivity index (χ1n) is 8.10. The van der Waals surface area contributed by atoms with Crippen LogP contribution in [-0.4, -0.2) is 44.7 Å². The second kappa shape index (κ2) is 6.78. The number of amides is 1. The summed E-state index contributed by atoms with van der Waals surface area (Å²) in [5.41, 5.74) is 0.893. The third kappa shape index (κ3) is 3.25. The summed E-state index contributed by atoms with van der Waals surface area (Å²) in [6.45, 7) is 7.58. The fourth-order valence-electron chi connectivity index (χ4n) is 2.84. The van der Waals surface area contributed by atoms with Crippen LogP contribution in [0, 0.1) is 5.41 Å². The summed E-state index contributed by atoms with van der Waals surface area (Å²) in [6.07, 6.45) is 1.26. The number of pyridine rings is 1. The largest absolute Gasteiger partial charge is 0.368 e. The second-order valence-electron chi connectivity index (χ2n) is 7.12. The molecule has 3 atom stereocenters. The lowest BCUT2D eigenvalue weighted by Gasteiger charge is -2.51. The van der Waals surface area contributed by atoms with Gasteiger partial charge in [-0.3, -0.25) is 14.5 Å². The van der Waals surface area contributed by atoms with Gasteiger partial charge in [0.1, 0.15) is 5.37 Å². The lowest BCUT2D eigenvalue weighted by molar-refractivity contribution is -0.160. The van der Waals surface area contributed by atoms with Crippen molar-refractivity contribution >= 4 is 35.2 Å². The zero-order valence-corrected chi connectivity index (χ0v) is 16.6. The van der Waals surface area contributed by atoms with Crippen molar-refractivity contribution in [2.24, 2.45) is 5.41 Å². The molecule has 1 amide bonds. The molecule has 1 unspecified atom stereocenters. The Morgan fingerprint density at radius 3 is 2.64 bits per heavy atom. The molecule has 0 N–H and O–H groups in total. The number of nitrogens with zero attached hydrogens (tertiary/aromatic N) is 2. The molecule has 0 aromatic carbocycles. The van der Waals surface area contributed by atoms with Crippen molar-refractivity contribution in [3.05, 3.63) is 35.7 Å². The van der Waals surface area contributed by atoms with Gasteiger partial charge in [-0.1, -0.05) is 38.6 Å². The highest BCUT2D eigenvalue weighted by Crippen LogP contribution is 2.50.